The van der Waals surface area contributed by atoms with E-state index >= 15 is 0 Å². The van der Waals surface area contributed by atoms with Crippen LogP contribution in [0.25, 0.3) is 0 Å². The highest BCUT2D eigenvalue weighted by atomic mass is 32.2. The van der Waals surface area contributed by atoms with Crippen molar-refractivity contribution in [3.05, 3.63) is 42.4 Å². The standard InChI is InChI=1S/C16H17NO4S/c1-11(13-3-2-6-19-13)17-16(18)10-22-12-4-5-14-15(9-12)21-8-7-20-14/h2-6,9,11H,7-8,10H2,1H3,(H,17,18)/t11-/m1/s1. The normalized spacial score (nSPS) is 14.4. The smallest absolute Gasteiger partial charge is 0.230 e. The molecule has 1 atom stereocenters. The maximum atomic E-state index is 12.0. The minimum Gasteiger partial charge on any atom is -0.486 e. The third-order valence-corrected chi connectivity index (χ3v) is 4.22. The molecule has 0 saturated carbocycles. The minimum absolute atomic E-state index is 0.0382. The number of thioether (sulfide) groups is 1. The van der Waals surface area contributed by atoms with Gasteiger partial charge >= 0.3 is 0 Å². The molecular weight excluding hydrogens is 302 g/mol. The maximum absolute atomic E-state index is 12.0. The van der Waals surface area contributed by atoms with E-state index in [9.17, 15) is 4.79 Å². The molecule has 0 aliphatic carbocycles. The van der Waals surface area contributed by atoms with E-state index in [0.29, 0.717) is 19.0 Å². The Morgan fingerprint density at radius 2 is 2.09 bits per heavy atom. The largest absolute Gasteiger partial charge is 0.486 e. The molecule has 0 radical (unpaired) electrons. The molecule has 1 aromatic carbocycles. The highest BCUT2D eigenvalue weighted by molar-refractivity contribution is 8.00. The molecule has 0 fully saturated rings. The number of carbonyl (C=O) groups is 1. The van der Waals surface area contributed by atoms with E-state index in [-0.39, 0.29) is 11.9 Å². The monoisotopic (exact) mass is 319 g/mol. The van der Waals surface area contributed by atoms with Gasteiger partial charge < -0.3 is 19.2 Å². The number of rotatable bonds is 5. The fourth-order valence-electron chi connectivity index (χ4n) is 2.15. The number of ether oxygens (including phenoxy) is 2. The van der Waals surface area contributed by atoms with E-state index in [1.807, 2.05) is 37.3 Å². The zero-order valence-corrected chi connectivity index (χ0v) is 13.0. The SMILES string of the molecule is C[C@@H](NC(=O)CSc1ccc2c(c1)OCCO2)c1ccco1. The van der Waals surface area contributed by atoms with Crippen molar-refractivity contribution in [1.82, 2.24) is 5.32 Å². The molecule has 22 heavy (non-hydrogen) atoms. The zero-order valence-electron chi connectivity index (χ0n) is 12.2. The van der Waals surface area contributed by atoms with Gasteiger partial charge in [0.05, 0.1) is 18.1 Å². The Labute approximate surface area is 133 Å². The Kier molecular flexibility index (Phi) is 4.58. The molecule has 2 aromatic rings. The van der Waals surface area contributed by atoms with Crippen molar-refractivity contribution < 1.29 is 18.7 Å². The minimum atomic E-state index is -0.136. The van der Waals surface area contributed by atoms with Crippen LogP contribution in [0.15, 0.2) is 45.9 Å². The van der Waals surface area contributed by atoms with Gasteiger partial charge in [0.1, 0.15) is 19.0 Å². The third kappa shape index (κ3) is 3.57. The molecule has 1 amide bonds. The fraction of sp³-hybridized carbons (Fsp3) is 0.312. The summed E-state index contributed by atoms with van der Waals surface area (Å²) in [4.78, 5) is 13.0. The predicted octanol–water partition coefficient (Wildman–Crippen LogP) is 3.02. The Hall–Kier alpha value is -2.08. The predicted molar refractivity (Wildman–Crippen MR) is 83.4 cm³/mol. The van der Waals surface area contributed by atoms with Crippen molar-refractivity contribution in [2.45, 2.75) is 17.9 Å². The highest BCUT2D eigenvalue weighted by Gasteiger charge is 2.14. The Morgan fingerprint density at radius 1 is 1.27 bits per heavy atom. The first kappa shape index (κ1) is 14.8. The molecule has 0 spiro atoms. The van der Waals surface area contributed by atoms with E-state index in [0.717, 1.165) is 22.2 Å². The first-order chi connectivity index (χ1) is 10.7. The third-order valence-electron chi connectivity index (χ3n) is 3.23. The van der Waals surface area contributed by atoms with Gasteiger partial charge in [-0.1, -0.05) is 0 Å². The van der Waals surface area contributed by atoms with Crippen molar-refractivity contribution >= 4 is 17.7 Å². The van der Waals surface area contributed by atoms with E-state index in [1.165, 1.54) is 11.8 Å². The molecule has 1 N–H and O–H groups in total. The average molecular weight is 319 g/mol. The number of furan rings is 1. The van der Waals surface area contributed by atoms with Gasteiger partial charge in [-0.2, -0.15) is 0 Å². The molecular formula is C16H17NO4S. The van der Waals surface area contributed by atoms with Crippen molar-refractivity contribution in [1.29, 1.82) is 0 Å². The summed E-state index contributed by atoms with van der Waals surface area (Å²) in [5, 5.41) is 2.91. The molecule has 0 saturated heterocycles. The molecule has 0 unspecified atom stereocenters. The van der Waals surface area contributed by atoms with Crippen LogP contribution in [0.5, 0.6) is 11.5 Å². The molecule has 6 heteroatoms. The summed E-state index contributed by atoms with van der Waals surface area (Å²) in [5.41, 5.74) is 0. The molecule has 116 valence electrons. The maximum Gasteiger partial charge on any atom is 0.230 e. The van der Waals surface area contributed by atoms with E-state index < -0.39 is 0 Å². The lowest BCUT2D eigenvalue weighted by Crippen LogP contribution is -2.27. The average Bonchev–Trinajstić information content (AvgIpc) is 3.07. The summed E-state index contributed by atoms with van der Waals surface area (Å²) in [6.07, 6.45) is 1.60. The molecule has 1 aliphatic heterocycles. The molecule has 2 heterocycles. The molecule has 1 aliphatic rings. The van der Waals surface area contributed by atoms with E-state index in [1.54, 1.807) is 6.26 Å². The van der Waals surface area contributed by atoms with Crippen LogP contribution in [0, 0.1) is 0 Å². The van der Waals surface area contributed by atoms with Gasteiger partial charge in [0.2, 0.25) is 5.91 Å². The summed E-state index contributed by atoms with van der Waals surface area (Å²) in [6, 6.07) is 9.23. The first-order valence-electron chi connectivity index (χ1n) is 7.07. The van der Waals surface area contributed by atoms with Crippen molar-refractivity contribution in [3.8, 4) is 11.5 Å². The number of hydrogen-bond donors (Lipinski definition) is 1. The summed E-state index contributed by atoms with van der Waals surface area (Å²) in [5.74, 6) is 2.54. The number of benzene rings is 1. The van der Waals surface area contributed by atoms with Gasteiger partial charge in [-0.25, -0.2) is 0 Å². The van der Waals surface area contributed by atoms with Gasteiger partial charge in [0.15, 0.2) is 11.5 Å². The van der Waals surface area contributed by atoms with Crippen molar-refractivity contribution in [2.75, 3.05) is 19.0 Å². The van der Waals surface area contributed by atoms with Crippen LogP contribution < -0.4 is 14.8 Å². The van der Waals surface area contributed by atoms with E-state index in [2.05, 4.69) is 5.32 Å². The number of carbonyl (C=O) groups excluding carboxylic acids is 1. The highest BCUT2D eigenvalue weighted by Crippen LogP contribution is 2.34. The van der Waals surface area contributed by atoms with Gasteiger partial charge in [-0.15, -0.1) is 11.8 Å². The lowest BCUT2D eigenvalue weighted by molar-refractivity contribution is -0.119. The van der Waals surface area contributed by atoms with Crippen LogP contribution in [0.3, 0.4) is 0 Å². The molecule has 0 bridgehead atoms. The van der Waals surface area contributed by atoms with Crippen LogP contribution in [-0.2, 0) is 4.79 Å². The number of fused-ring (bicyclic) bond motifs is 1. The molecule has 3 rings (SSSR count). The van der Waals surface area contributed by atoms with Crippen LogP contribution in [-0.4, -0.2) is 24.9 Å². The summed E-state index contributed by atoms with van der Waals surface area (Å²) >= 11 is 1.46. The van der Waals surface area contributed by atoms with Gasteiger partial charge in [-0.3, -0.25) is 4.79 Å². The first-order valence-corrected chi connectivity index (χ1v) is 8.06. The van der Waals surface area contributed by atoms with Crippen LogP contribution in [0.1, 0.15) is 18.7 Å². The van der Waals surface area contributed by atoms with Gasteiger partial charge in [0, 0.05) is 4.90 Å². The lowest BCUT2D eigenvalue weighted by Gasteiger charge is -2.18. The Bertz CT molecular complexity index is 642. The van der Waals surface area contributed by atoms with E-state index in [4.69, 9.17) is 13.9 Å². The van der Waals surface area contributed by atoms with Crippen molar-refractivity contribution in [3.63, 3.8) is 0 Å². The number of nitrogens with one attached hydrogen (secondary N) is 1. The molecule has 5 nitrogen and oxygen atoms in total. The van der Waals surface area contributed by atoms with Gasteiger partial charge in [-0.05, 0) is 37.3 Å². The Morgan fingerprint density at radius 3 is 2.86 bits per heavy atom. The summed E-state index contributed by atoms with van der Waals surface area (Å²) < 4.78 is 16.3. The van der Waals surface area contributed by atoms with Crippen molar-refractivity contribution in [2.24, 2.45) is 0 Å². The Balaban J connectivity index is 1.52. The summed E-state index contributed by atoms with van der Waals surface area (Å²) in [6.45, 7) is 3.03. The second kappa shape index (κ2) is 6.79. The molecule has 1 aromatic heterocycles. The zero-order chi connectivity index (χ0) is 15.4. The quantitative estimate of drug-likeness (QED) is 0.858. The van der Waals surface area contributed by atoms with Gasteiger partial charge in [0.25, 0.3) is 0 Å². The summed E-state index contributed by atoms with van der Waals surface area (Å²) in [7, 11) is 0. The number of amides is 1. The van der Waals surface area contributed by atoms with Crippen LogP contribution in [0.4, 0.5) is 0 Å². The number of hydrogen-bond acceptors (Lipinski definition) is 5. The second-order valence-electron chi connectivity index (χ2n) is 4.90. The van der Waals surface area contributed by atoms with Crippen LogP contribution in [0.2, 0.25) is 0 Å². The lowest BCUT2D eigenvalue weighted by atomic mass is 10.2. The second-order valence-corrected chi connectivity index (χ2v) is 5.95. The van der Waals surface area contributed by atoms with Crippen LogP contribution >= 0.6 is 11.8 Å². The topological polar surface area (TPSA) is 60.7 Å². The fourth-order valence-corrected chi connectivity index (χ4v) is 2.89.